The summed E-state index contributed by atoms with van der Waals surface area (Å²) in [6.45, 7) is 5.70. The number of carbonyl (C=O) groups excluding carboxylic acids is 2. The Hall–Kier alpha value is -1.41. The number of nitrogens with zero attached hydrogens (tertiary/aromatic N) is 2. The van der Waals surface area contributed by atoms with E-state index in [9.17, 15) is 9.59 Å². The van der Waals surface area contributed by atoms with Gasteiger partial charge in [-0.2, -0.15) is 5.26 Å². The first-order valence-corrected chi connectivity index (χ1v) is 6.24. The maximum absolute atomic E-state index is 11.9. The standard InChI is InChI=1S/C13H21N3O2/c1-12(2)8-10(17)16(11(12)18)7-5-4-6-13(3,15)9-14/h4-8,15H2,1-3H3. The molecule has 1 saturated heterocycles. The summed E-state index contributed by atoms with van der Waals surface area (Å²) in [7, 11) is 0. The number of nitrogens with two attached hydrogens (primary N) is 1. The lowest BCUT2D eigenvalue weighted by atomic mass is 9.92. The number of likely N-dealkylation sites (tertiary alicyclic amines) is 1. The second-order valence-corrected chi connectivity index (χ2v) is 5.90. The Morgan fingerprint density at radius 2 is 2.06 bits per heavy atom. The summed E-state index contributed by atoms with van der Waals surface area (Å²) in [6.07, 6.45) is 2.29. The lowest BCUT2D eigenvalue weighted by molar-refractivity contribution is -0.140. The van der Waals surface area contributed by atoms with Crippen LogP contribution in [0.5, 0.6) is 0 Å². The van der Waals surface area contributed by atoms with E-state index in [4.69, 9.17) is 11.0 Å². The van der Waals surface area contributed by atoms with Gasteiger partial charge < -0.3 is 5.73 Å². The Morgan fingerprint density at radius 3 is 2.50 bits per heavy atom. The highest BCUT2D eigenvalue weighted by Gasteiger charge is 2.44. The van der Waals surface area contributed by atoms with E-state index in [1.165, 1.54) is 4.90 Å². The number of unbranched alkanes of at least 4 members (excludes halogenated alkanes) is 1. The average Bonchev–Trinajstić information content (AvgIpc) is 2.45. The van der Waals surface area contributed by atoms with Gasteiger partial charge in [-0.15, -0.1) is 0 Å². The summed E-state index contributed by atoms with van der Waals surface area (Å²) in [6, 6.07) is 2.03. The number of amides is 2. The van der Waals surface area contributed by atoms with E-state index < -0.39 is 11.0 Å². The van der Waals surface area contributed by atoms with Crippen molar-refractivity contribution in [3.63, 3.8) is 0 Å². The Bertz CT molecular complexity index is 394. The van der Waals surface area contributed by atoms with Gasteiger partial charge in [0.15, 0.2) is 0 Å². The molecule has 0 aliphatic carbocycles. The molecule has 0 aromatic heterocycles. The SMILES string of the molecule is CC(N)(C#N)CCCCN1C(=O)CC(C)(C)C1=O. The van der Waals surface area contributed by atoms with Gasteiger partial charge in [0.2, 0.25) is 11.8 Å². The second-order valence-electron chi connectivity index (χ2n) is 5.90. The smallest absolute Gasteiger partial charge is 0.235 e. The first-order chi connectivity index (χ1) is 8.19. The van der Waals surface area contributed by atoms with Crippen molar-refractivity contribution < 1.29 is 9.59 Å². The maximum atomic E-state index is 11.9. The lowest BCUT2D eigenvalue weighted by Crippen LogP contribution is -2.35. The highest BCUT2D eigenvalue weighted by Crippen LogP contribution is 2.31. The van der Waals surface area contributed by atoms with Crippen LogP contribution in [-0.4, -0.2) is 28.8 Å². The zero-order valence-electron chi connectivity index (χ0n) is 11.3. The minimum absolute atomic E-state index is 0.0942. The highest BCUT2D eigenvalue weighted by molar-refractivity contribution is 6.05. The van der Waals surface area contributed by atoms with Crippen molar-refractivity contribution in [1.82, 2.24) is 4.90 Å². The number of carbonyl (C=O) groups is 2. The van der Waals surface area contributed by atoms with E-state index in [2.05, 4.69) is 0 Å². The lowest BCUT2D eigenvalue weighted by Gasteiger charge is -2.19. The summed E-state index contributed by atoms with van der Waals surface area (Å²) >= 11 is 0. The van der Waals surface area contributed by atoms with Crippen molar-refractivity contribution in [2.24, 2.45) is 11.1 Å². The molecular formula is C13H21N3O2. The predicted octanol–water partition coefficient (Wildman–Crippen LogP) is 1.18. The van der Waals surface area contributed by atoms with E-state index in [1.54, 1.807) is 20.8 Å². The van der Waals surface area contributed by atoms with Crippen LogP contribution in [-0.2, 0) is 9.59 Å². The van der Waals surface area contributed by atoms with Crippen LogP contribution < -0.4 is 5.73 Å². The van der Waals surface area contributed by atoms with Crippen LogP contribution in [0.2, 0.25) is 0 Å². The monoisotopic (exact) mass is 251 g/mol. The van der Waals surface area contributed by atoms with E-state index in [1.807, 2.05) is 6.07 Å². The molecule has 0 saturated carbocycles. The van der Waals surface area contributed by atoms with Gasteiger partial charge in [0.05, 0.1) is 11.5 Å². The first-order valence-electron chi connectivity index (χ1n) is 6.24. The molecule has 1 aliphatic heterocycles. The van der Waals surface area contributed by atoms with E-state index in [0.29, 0.717) is 25.8 Å². The third-order valence-electron chi connectivity index (χ3n) is 3.30. The third-order valence-corrected chi connectivity index (χ3v) is 3.30. The van der Waals surface area contributed by atoms with Gasteiger partial charge in [-0.1, -0.05) is 13.8 Å². The molecule has 1 aliphatic rings. The molecular weight excluding hydrogens is 230 g/mol. The van der Waals surface area contributed by atoms with Gasteiger partial charge in [0.1, 0.15) is 5.54 Å². The minimum atomic E-state index is -0.821. The van der Waals surface area contributed by atoms with Crippen molar-refractivity contribution in [1.29, 1.82) is 5.26 Å². The molecule has 100 valence electrons. The summed E-state index contributed by atoms with van der Waals surface area (Å²) in [5, 5.41) is 8.76. The normalized spacial score (nSPS) is 21.8. The maximum Gasteiger partial charge on any atom is 0.235 e. The van der Waals surface area contributed by atoms with Gasteiger partial charge in [-0.3, -0.25) is 14.5 Å². The fourth-order valence-corrected chi connectivity index (χ4v) is 2.07. The second kappa shape index (κ2) is 5.07. The van der Waals surface area contributed by atoms with Crippen LogP contribution in [0.1, 0.15) is 46.5 Å². The Labute approximate surface area is 108 Å². The molecule has 2 N–H and O–H groups in total. The van der Waals surface area contributed by atoms with Crippen LogP contribution in [0.25, 0.3) is 0 Å². The number of hydrogen-bond donors (Lipinski definition) is 1. The van der Waals surface area contributed by atoms with Crippen LogP contribution in [0, 0.1) is 16.7 Å². The molecule has 0 spiro atoms. The number of imide groups is 1. The predicted molar refractivity (Wildman–Crippen MR) is 67.2 cm³/mol. The fraction of sp³-hybridized carbons (Fsp3) is 0.769. The highest BCUT2D eigenvalue weighted by atomic mass is 16.2. The van der Waals surface area contributed by atoms with Gasteiger partial charge >= 0.3 is 0 Å². The molecule has 0 aromatic rings. The molecule has 1 rings (SSSR count). The number of hydrogen-bond acceptors (Lipinski definition) is 4. The molecule has 1 fully saturated rings. The molecule has 5 nitrogen and oxygen atoms in total. The molecule has 0 aromatic carbocycles. The molecule has 1 heterocycles. The molecule has 1 atom stereocenters. The van der Waals surface area contributed by atoms with E-state index >= 15 is 0 Å². The quantitative estimate of drug-likeness (QED) is 0.587. The Balaban J connectivity index is 2.40. The van der Waals surface area contributed by atoms with E-state index in [-0.39, 0.29) is 11.8 Å². The van der Waals surface area contributed by atoms with Gasteiger partial charge in [0.25, 0.3) is 0 Å². The minimum Gasteiger partial charge on any atom is -0.314 e. The molecule has 0 radical (unpaired) electrons. The first kappa shape index (κ1) is 14.7. The molecule has 18 heavy (non-hydrogen) atoms. The third kappa shape index (κ3) is 3.30. The number of rotatable bonds is 5. The summed E-state index contributed by atoms with van der Waals surface area (Å²) < 4.78 is 0. The van der Waals surface area contributed by atoms with Gasteiger partial charge in [-0.25, -0.2) is 0 Å². The number of nitriles is 1. The van der Waals surface area contributed by atoms with Crippen molar-refractivity contribution in [2.75, 3.05) is 6.54 Å². The molecule has 2 amide bonds. The molecule has 0 bridgehead atoms. The zero-order valence-corrected chi connectivity index (χ0v) is 11.3. The summed E-state index contributed by atoms with van der Waals surface area (Å²) in [5.41, 5.74) is 4.31. The topological polar surface area (TPSA) is 87.2 Å². The Kier molecular flexibility index (Phi) is 4.12. The Morgan fingerprint density at radius 1 is 1.44 bits per heavy atom. The van der Waals surface area contributed by atoms with Crippen LogP contribution >= 0.6 is 0 Å². The molecule has 5 heteroatoms. The zero-order chi connectivity index (χ0) is 14.0. The van der Waals surface area contributed by atoms with Crippen molar-refractivity contribution in [2.45, 2.75) is 52.0 Å². The van der Waals surface area contributed by atoms with Crippen molar-refractivity contribution >= 4 is 11.8 Å². The largest absolute Gasteiger partial charge is 0.314 e. The van der Waals surface area contributed by atoms with Crippen LogP contribution in [0.4, 0.5) is 0 Å². The fourth-order valence-electron chi connectivity index (χ4n) is 2.07. The van der Waals surface area contributed by atoms with Crippen LogP contribution in [0.3, 0.4) is 0 Å². The molecule has 1 unspecified atom stereocenters. The summed E-state index contributed by atoms with van der Waals surface area (Å²) in [5.74, 6) is -0.191. The van der Waals surface area contributed by atoms with Gasteiger partial charge in [-0.05, 0) is 26.2 Å². The van der Waals surface area contributed by atoms with Gasteiger partial charge in [0, 0.05) is 13.0 Å². The van der Waals surface area contributed by atoms with Crippen molar-refractivity contribution in [3.05, 3.63) is 0 Å². The summed E-state index contributed by atoms with van der Waals surface area (Å²) in [4.78, 5) is 24.9. The van der Waals surface area contributed by atoms with Crippen molar-refractivity contribution in [3.8, 4) is 6.07 Å². The van der Waals surface area contributed by atoms with E-state index in [0.717, 1.165) is 6.42 Å². The van der Waals surface area contributed by atoms with Crippen LogP contribution in [0.15, 0.2) is 0 Å². The average molecular weight is 251 g/mol.